The molecule has 0 unspecified atom stereocenters. The average Bonchev–Trinajstić information content (AvgIpc) is 2.69. The van der Waals surface area contributed by atoms with Gasteiger partial charge in [0.1, 0.15) is 13.2 Å². The van der Waals surface area contributed by atoms with Crippen LogP contribution < -0.4 is 19.7 Å². The van der Waals surface area contributed by atoms with Crippen LogP contribution in [0.2, 0.25) is 5.02 Å². The van der Waals surface area contributed by atoms with Crippen molar-refractivity contribution < 1.29 is 19.0 Å². The largest absolute Gasteiger partial charge is 0.486 e. The van der Waals surface area contributed by atoms with Gasteiger partial charge < -0.3 is 24.4 Å². The Balaban J connectivity index is 1.48. The number of amides is 1. The van der Waals surface area contributed by atoms with E-state index in [2.05, 4.69) is 10.2 Å². The molecular formula is C20H21ClN2O4. The highest BCUT2D eigenvalue weighted by Crippen LogP contribution is 2.38. The Morgan fingerprint density at radius 2 is 1.85 bits per heavy atom. The number of carbonyl (C=O) groups is 1. The summed E-state index contributed by atoms with van der Waals surface area (Å²) in [7, 11) is 0. The molecular weight excluding hydrogens is 368 g/mol. The number of rotatable bonds is 4. The van der Waals surface area contributed by atoms with Crippen molar-refractivity contribution in [3.63, 3.8) is 0 Å². The van der Waals surface area contributed by atoms with Gasteiger partial charge in [-0.05, 0) is 29.8 Å². The number of nitrogens with one attached hydrogen (secondary N) is 1. The fourth-order valence-corrected chi connectivity index (χ4v) is 3.59. The normalized spacial score (nSPS) is 16.1. The van der Waals surface area contributed by atoms with Crippen LogP contribution in [0, 0.1) is 0 Å². The number of morpholine rings is 1. The summed E-state index contributed by atoms with van der Waals surface area (Å²) in [4.78, 5) is 14.8. The fraction of sp³-hybridized carbons (Fsp3) is 0.350. The van der Waals surface area contributed by atoms with Crippen LogP contribution in [0.1, 0.15) is 5.56 Å². The van der Waals surface area contributed by atoms with E-state index in [-0.39, 0.29) is 12.3 Å². The summed E-state index contributed by atoms with van der Waals surface area (Å²) >= 11 is 6.26. The predicted molar refractivity (Wildman–Crippen MR) is 104 cm³/mol. The van der Waals surface area contributed by atoms with Crippen molar-refractivity contribution in [3.05, 3.63) is 47.0 Å². The molecule has 2 aliphatic heterocycles. The molecule has 0 radical (unpaired) electrons. The van der Waals surface area contributed by atoms with Crippen molar-refractivity contribution in [2.75, 3.05) is 49.7 Å². The molecule has 1 amide bonds. The number of para-hydroxylation sites is 2. The molecule has 1 saturated heterocycles. The Morgan fingerprint density at radius 1 is 1.07 bits per heavy atom. The number of hydrogen-bond donors (Lipinski definition) is 1. The van der Waals surface area contributed by atoms with Gasteiger partial charge in [-0.15, -0.1) is 0 Å². The summed E-state index contributed by atoms with van der Waals surface area (Å²) in [5.41, 5.74) is 2.59. The molecule has 27 heavy (non-hydrogen) atoms. The molecule has 1 N–H and O–H groups in total. The van der Waals surface area contributed by atoms with Gasteiger partial charge in [-0.1, -0.05) is 23.7 Å². The average molecular weight is 389 g/mol. The van der Waals surface area contributed by atoms with Crippen molar-refractivity contribution in [3.8, 4) is 11.5 Å². The zero-order chi connectivity index (χ0) is 18.6. The lowest BCUT2D eigenvalue weighted by Gasteiger charge is -2.30. The maximum atomic E-state index is 12.6. The van der Waals surface area contributed by atoms with Crippen LogP contribution in [-0.4, -0.2) is 45.4 Å². The summed E-state index contributed by atoms with van der Waals surface area (Å²) in [6.45, 7) is 3.96. The van der Waals surface area contributed by atoms with Crippen molar-refractivity contribution in [2.45, 2.75) is 6.42 Å². The monoisotopic (exact) mass is 388 g/mol. The van der Waals surface area contributed by atoms with Crippen LogP contribution in [-0.2, 0) is 16.0 Å². The molecule has 2 aromatic rings. The van der Waals surface area contributed by atoms with Gasteiger partial charge in [-0.3, -0.25) is 4.79 Å². The lowest BCUT2D eigenvalue weighted by molar-refractivity contribution is -0.115. The van der Waals surface area contributed by atoms with Gasteiger partial charge >= 0.3 is 0 Å². The Kier molecular flexibility index (Phi) is 5.36. The number of anilines is 2. The third-order valence-electron chi connectivity index (χ3n) is 4.55. The summed E-state index contributed by atoms with van der Waals surface area (Å²) in [6.07, 6.45) is 0.202. The van der Waals surface area contributed by atoms with E-state index < -0.39 is 0 Å². The minimum Gasteiger partial charge on any atom is -0.486 e. The molecule has 142 valence electrons. The molecule has 0 aliphatic carbocycles. The number of nitrogens with zero attached hydrogens (tertiary/aromatic N) is 1. The van der Waals surface area contributed by atoms with E-state index >= 15 is 0 Å². The smallest absolute Gasteiger partial charge is 0.228 e. The first-order valence-electron chi connectivity index (χ1n) is 9.00. The molecule has 2 aliphatic rings. The second-order valence-corrected chi connectivity index (χ2v) is 6.85. The van der Waals surface area contributed by atoms with E-state index in [9.17, 15) is 4.79 Å². The molecule has 0 saturated carbocycles. The second kappa shape index (κ2) is 8.06. The van der Waals surface area contributed by atoms with Crippen LogP contribution >= 0.6 is 11.6 Å². The van der Waals surface area contributed by atoms with E-state index in [1.54, 1.807) is 6.07 Å². The number of carbonyl (C=O) groups excluding carboxylic acids is 1. The molecule has 2 aromatic carbocycles. The highest BCUT2D eigenvalue weighted by Gasteiger charge is 2.19. The Bertz CT molecular complexity index is 837. The molecule has 4 rings (SSSR count). The van der Waals surface area contributed by atoms with E-state index in [1.165, 1.54) is 0 Å². The molecule has 0 aromatic heterocycles. The first-order chi connectivity index (χ1) is 13.2. The van der Waals surface area contributed by atoms with Crippen molar-refractivity contribution in [1.29, 1.82) is 0 Å². The highest BCUT2D eigenvalue weighted by molar-refractivity contribution is 6.32. The van der Waals surface area contributed by atoms with Gasteiger partial charge in [-0.25, -0.2) is 0 Å². The van der Waals surface area contributed by atoms with Gasteiger partial charge in [-0.2, -0.15) is 0 Å². The minimum absolute atomic E-state index is 0.108. The second-order valence-electron chi connectivity index (χ2n) is 6.44. The number of hydrogen-bond acceptors (Lipinski definition) is 5. The quantitative estimate of drug-likeness (QED) is 0.872. The van der Waals surface area contributed by atoms with Gasteiger partial charge in [0.15, 0.2) is 11.5 Å². The summed E-state index contributed by atoms with van der Waals surface area (Å²) in [6, 6.07) is 11.4. The Hall–Kier alpha value is -2.44. The summed E-state index contributed by atoms with van der Waals surface area (Å²) in [5.74, 6) is 1.03. The molecule has 0 atom stereocenters. The van der Waals surface area contributed by atoms with Gasteiger partial charge in [0, 0.05) is 13.1 Å². The fourth-order valence-electron chi connectivity index (χ4n) is 3.31. The van der Waals surface area contributed by atoms with Crippen LogP contribution in [0.3, 0.4) is 0 Å². The zero-order valence-corrected chi connectivity index (χ0v) is 15.6. The SMILES string of the molecule is O=C(Cc1cc(Cl)c2c(c1)OCCO2)Nc1ccccc1N1CCOCC1. The maximum absolute atomic E-state index is 12.6. The standard InChI is InChI=1S/C20H21ClN2O4/c21-15-11-14(12-18-20(15)27-10-9-26-18)13-19(24)22-16-3-1-2-4-17(16)23-5-7-25-8-6-23/h1-4,11-12H,5-10,13H2,(H,22,24). The van der Waals surface area contributed by atoms with Crippen LogP contribution in [0.5, 0.6) is 11.5 Å². The summed E-state index contributed by atoms with van der Waals surface area (Å²) < 4.78 is 16.5. The first kappa shape index (κ1) is 17.9. The first-order valence-corrected chi connectivity index (χ1v) is 9.38. The lowest BCUT2D eigenvalue weighted by Crippen LogP contribution is -2.36. The summed E-state index contributed by atoms with van der Waals surface area (Å²) in [5, 5.41) is 3.48. The molecule has 0 bridgehead atoms. The van der Waals surface area contributed by atoms with E-state index in [0.717, 1.165) is 30.0 Å². The van der Waals surface area contributed by atoms with Gasteiger partial charge in [0.05, 0.1) is 36.0 Å². The number of benzene rings is 2. The van der Waals surface area contributed by atoms with Crippen LogP contribution in [0.15, 0.2) is 36.4 Å². The highest BCUT2D eigenvalue weighted by atomic mass is 35.5. The van der Waals surface area contributed by atoms with Crippen LogP contribution in [0.25, 0.3) is 0 Å². The van der Waals surface area contributed by atoms with Crippen molar-refractivity contribution in [1.82, 2.24) is 0 Å². The van der Waals surface area contributed by atoms with E-state index in [1.807, 2.05) is 30.3 Å². The Labute approximate surface area is 163 Å². The molecule has 6 nitrogen and oxygen atoms in total. The number of fused-ring (bicyclic) bond motifs is 1. The molecule has 0 spiro atoms. The van der Waals surface area contributed by atoms with Crippen molar-refractivity contribution in [2.24, 2.45) is 0 Å². The van der Waals surface area contributed by atoms with Gasteiger partial charge in [0.2, 0.25) is 5.91 Å². The lowest BCUT2D eigenvalue weighted by atomic mass is 10.1. The minimum atomic E-state index is -0.108. The zero-order valence-electron chi connectivity index (χ0n) is 14.9. The van der Waals surface area contributed by atoms with Crippen LogP contribution in [0.4, 0.5) is 11.4 Å². The maximum Gasteiger partial charge on any atom is 0.228 e. The topological polar surface area (TPSA) is 60.0 Å². The number of ether oxygens (including phenoxy) is 3. The Morgan fingerprint density at radius 3 is 2.70 bits per heavy atom. The molecule has 7 heteroatoms. The third kappa shape index (κ3) is 4.12. The third-order valence-corrected chi connectivity index (χ3v) is 4.83. The van der Waals surface area contributed by atoms with Gasteiger partial charge in [0.25, 0.3) is 0 Å². The van der Waals surface area contributed by atoms with E-state index in [0.29, 0.717) is 42.9 Å². The predicted octanol–water partition coefficient (Wildman–Crippen LogP) is 3.13. The molecule has 2 heterocycles. The number of halogens is 1. The van der Waals surface area contributed by atoms with E-state index in [4.69, 9.17) is 25.8 Å². The van der Waals surface area contributed by atoms with Crippen molar-refractivity contribution >= 4 is 28.9 Å². The molecule has 1 fully saturated rings.